The van der Waals surface area contributed by atoms with Gasteiger partial charge in [0, 0.05) is 12.1 Å². The van der Waals surface area contributed by atoms with Gasteiger partial charge in [0.05, 0.1) is 36.8 Å². The summed E-state index contributed by atoms with van der Waals surface area (Å²) in [5, 5.41) is 17.3. The Kier molecular flexibility index (Phi) is 6.42. The Balaban J connectivity index is 2.13. The van der Waals surface area contributed by atoms with Crippen LogP contribution in [0.25, 0.3) is 0 Å². The lowest BCUT2D eigenvalue weighted by Gasteiger charge is -2.10. The van der Waals surface area contributed by atoms with Crippen LogP contribution >= 0.6 is 0 Å². The van der Waals surface area contributed by atoms with Gasteiger partial charge in [0.1, 0.15) is 11.9 Å². The van der Waals surface area contributed by atoms with Crippen molar-refractivity contribution in [3.05, 3.63) is 51.3 Å². The van der Waals surface area contributed by atoms with Gasteiger partial charge in [0.2, 0.25) is 5.91 Å². The van der Waals surface area contributed by atoms with Gasteiger partial charge in [-0.15, -0.1) is 0 Å². The molecule has 2 rings (SSSR count). The molecule has 0 saturated heterocycles. The summed E-state index contributed by atoms with van der Waals surface area (Å²) in [4.78, 5) is 46.0. The fourth-order valence-electron chi connectivity index (χ4n) is 2.44. The number of ether oxygens (including phenoxy) is 2. The molecule has 0 aliphatic heterocycles. The second-order valence-corrected chi connectivity index (χ2v) is 5.68. The summed E-state index contributed by atoms with van der Waals surface area (Å²) in [7, 11) is 2.38. The van der Waals surface area contributed by atoms with Crippen LogP contribution in [-0.4, -0.2) is 46.8 Å². The van der Waals surface area contributed by atoms with Gasteiger partial charge in [-0.25, -0.2) is 9.59 Å². The zero-order valence-corrected chi connectivity index (χ0v) is 15.4. The number of aromatic nitrogens is 2. The number of nitrogens with zero attached hydrogens (tertiary/aromatic N) is 3. The number of hydrogen-bond donors (Lipinski definition) is 1. The van der Waals surface area contributed by atoms with E-state index >= 15 is 0 Å². The maximum Gasteiger partial charge on any atom is 0.337 e. The van der Waals surface area contributed by atoms with Crippen molar-refractivity contribution >= 4 is 29.2 Å². The summed E-state index contributed by atoms with van der Waals surface area (Å²) in [6, 6.07) is 4.01. The van der Waals surface area contributed by atoms with Crippen LogP contribution in [0.2, 0.25) is 0 Å². The standard InChI is InChI=1S/C17H18N4O7/c1-10-14(21(25)26)9-18-20(10)5-4-15(22)19-13-7-11(16(23)27-2)6-12(8-13)17(24)28-3/h6-9H,4-5H2,1-3H3,(H,19,22). The number of aryl methyl sites for hydroxylation is 1. The first-order chi connectivity index (χ1) is 13.3. The van der Waals surface area contributed by atoms with Crippen LogP contribution in [0, 0.1) is 17.0 Å². The lowest BCUT2D eigenvalue weighted by Crippen LogP contribution is -2.17. The van der Waals surface area contributed by atoms with Crippen LogP contribution in [0.3, 0.4) is 0 Å². The SMILES string of the molecule is COC(=O)c1cc(NC(=O)CCn2ncc([N+](=O)[O-])c2C)cc(C(=O)OC)c1. The molecular formula is C17H18N4O7. The molecule has 1 heterocycles. The molecule has 0 aliphatic rings. The number of hydrogen-bond acceptors (Lipinski definition) is 8. The van der Waals surface area contributed by atoms with Gasteiger partial charge in [-0.3, -0.25) is 19.6 Å². The van der Waals surface area contributed by atoms with E-state index in [1.807, 2.05) is 0 Å². The van der Waals surface area contributed by atoms with Gasteiger partial charge in [-0.05, 0) is 25.1 Å². The van der Waals surface area contributed by atoms with E-state index < -0.39 is 22.8 Å². The molecule has 0 spiro atoms. The molecule has 1 N–H and O–H groups in total. The number of carbonyl (C=O) groups is 3. The van der Waals surface area contributed by atoms with Crippen LogP contribution in [-0.2, 0) is 20.8 Å². The molecule has 1 amide bonds. The first kappa shape index (κ1) is 20.6. The largest absolute Gasteiger partial charge is 0.465 e. The van der Waals surface area contributed by atoms with Crippen molar-refractivity contribution in [1.82, 2.24) is 9.78 Å². The molecule has 28 heavy (non-hydrogen) atoms. The zero-order chi connectivity index (χ0) is 20.8. The molecule has 1 aromatic carbocycles. The molecule has 0 unspecified atom stereocenters. The molecule has 0 aliphatic carbocycles. The van der Waals surface area contributed by atoms with E-state index in [9.17, 15) is 24.5 Å². The number of amides is 1. The highest BCUT2D eigenvalue weighted by Gasteiger charge is 2.18. The first-order valence-electron chi connectivity index (χ1n) is 8.05. The maximum atomic E-state index is 12.2. The highest BCUT2D eigenvalue weighted by atomic mass is 16.6. The topological polar surface area (TPSA) is 143 Å². The van der Waals surface area contributed by atoms with Crippen molar-refractivity contribution in [2.45, 2.75) is 19.9 Å². The summed E-state index contributed by atoms with van der Waals surface area (Å²) in [6.45, 7) is 1.65. The quantitative estimate of drug-likeness (QED) is 0.427. The second-order valence-electron chi connectivity index (χ2n) is 5.68. The lowest BCUT2D eigenvalue weighted by atomic mass is 10.1. The molecule has 0 fully saturated rings. The molecule has 2 aromatic rings. The van der Waals surface area contributed by atoms with Gasteiger partial charge < -0.3 is 14.8 Å². The predicted molar refractivity (Wildman–Crippen MR) is 96.0 cm³/mol. The Morgan fingerprint density at radius 2 is 1.71 bits per heavy atom. The minimum atomic E-state index is -0.680. The Bertz CT molecular complexity index is 901. The normalized spacial score (nSPS) is 10.2. The van der Waals surface area contributed by atoms with Gasteiger partial charge >= 0.3 is 17.6 Å². The van der Waals surface area contributed by atoms with Crippen molar-refractivity contribution in [1.29, 1.82) is 0 Å². The summed E-state index contributed by atoms with van der Waals surface area (Å²) >= 11 is 0. The highest BCUT2D eigenvalue weighted by molar-refractivity contribution is 5.99. The van der Waals surface area contributed by atoms with Crippen LogP contribution < -0.4 is 5.32 Å². The smallest absolute Gasteiger partial charge is 0.337 e. The minimum Gasteiger partial charge on any atom is -0.465 e. The Morgan fingerprint density at radius 1 is 1.14 bits per heavy atom. The molecule has 11 nitrogen and oxygen atoms in total. The number of carbonyl (C=O) groups excluding carboxylic acids is 3. The third-order valence-corrected chi connectivity index (χ3v) is 3.88. The fraction of sp³-hybridized carbons (Fsp3) is 0.294. The molecule has 11 heteroatoms. The van der Waals surface area contributed by atoms with E-state index in [0.29, 0.717) is 5.69 Å². The molecule has 1 aromatic heterocycles. The molecule has 0 radical (unpaired) electrons. The molecule has 0 atom stereocenters. The number of nitro groups is 1. The van der Waals surface area contributed by atoms with E-state index in [0.717, 1.165) is 6.20 Å². The van der Waals surface area contributed by atoms with Crippen LogP contribution in [0.15, 0.2) is 24.4 Å². The third kappa shape index (κ3) is 4.69. The molecule has 0 saturated carbocycles. The fourth-order valence-corrected chi connectivity index (χ4v) is 2.44. The van der Waals surface area contributed by atoms with Crippen molar-refractivity contribution in [3.63, 3.8) is 0 Å². The van der Waals surface area contributed by atoms with E-state index in [2.05, 4.69) is 19.9 Å². The minimum absolute atomic E-state index is 0.0321. The van der Waals surface area contributed by atoms with Crippen molar-refractivity contribution in [3.8, 4) is 0 Å². The van der Waals surface area contributed by atoms with Crippen molar-refractivity contribution in [2.75, 3.05) is 19.5 Å². The highest BCUT2D eigenvalue weighted by Crippen LogP contribution is 2.18. The Morgan fingerprint density at radius 3 is 2.18 bits per heavy atom. The zero-order valence-electron chi connectivity index (χ0n) is 15.4. The number of methoxy groups -OCH3 is 2. The molecular weight excluding hydrogens is 372 g/mol. The summed E-state index contributed by atoms with van der Waals surface area (Å²) in [6.07, 6.45) is 1.09. The number of esters is 2. The van der Waals surface area contributed by atoms with Gasteiger partial charge in [0.25, 0.3) is 0 Å². The summed E-state index contributed by atoms with van der Waals surface area (Å²) < 4.78 is 10.6. The van der Waals surface area contributed by atoms with Gasteiger partial charge in [-0.1, -0.05) is 0 Å². The monoisotopic (exact) mass is 390 g/mol. The molecule has 148 valence electrons. The van der Waals surface area contributed by atoms with Crippen LogP contribution in [0.4, 0.5) is 11.4 Å². The molecule has 0 bridgehead atoms. The van der Waals surface area contributed by atoms with Crippen molar-refractivity contribution < 1.29 is 28.8 Å². The lowest BCUT2D eigenvalue weighted by molar-refractivity contribution is -0.385. The van der Waals surface area contributed by atoms with E-state index in [-0.39, 0.29) is 35.5 Å². The Labute approximate surface area is 159 Å². The van der Waals surface area contributed by atoms with Crippen LogP contribution in [0.1, 0.15) is 32.8 Å². The van der Waals surface area contributed by atoms with Crippen molar-refractivity contribution in [2.24, 2.45) is 0 Å². The first-order valence-corrected chi connectivity index (χ1v) is 8.05. The van der Waals surface area contributed by atoms with E-state index in [4.69, 9.17) is 0 Å². The third-order valence-electron chi connectivity index (χ3n) is 3.88. The average molecular weight is 390 g/mol. The second kappa shape index (κ2) is 8.75. The van der Waals surface area contributed by atoms with E-state index in [1.54, 1.807) is 0 Å². The number of nitrogens with one attached hydrogen (secondary N) is 1. The van der Waals surface area contributed by atoms with Gasteiger partial charge in [-0.2, -0.15) is 5.10 Å². The van der Waals surface area contributed by atoms with Crippen LogP contribution in [0.5, 0.6) is 0 Å². The Hall–Kier alpha value is -3.76. The predicted octanol–water partition coefficient (Wildman–Crippen LogP) is 1.70. The van der Waals surface area contributed by atoms with E-state index in [1.165, 1.54) is 44.0 Å². The summed E-state index contributed by atoms with van der Waals surface area (Å²) in [5.41, 5.74) is 0.544. The summed E-state index contributed by atoms with van der Waals surface area (Å²) in [5.74, 6) is -1.79. The number of anilines is 1. The van der Waals surface area contributed by atoms with Gasteiger partial charge in [0.15, 0.2) is 0 Å². The number of benzene rings is 1. The average Bonchev–Trinajstić information content (AvgIpc) is 3.05. The number of rotatable bonds is 7. The maximum absolute atomic E-state index is 12.2.